The third-order valence-electron chi connectivity index (χ3n) is 3.06. The molecule has 98 valence electrons. The van der Waals surface area contributed by atoms with Crippen molar-refractivity contribution >= 4 is 21.7 Å². The van der Waals surface area contributed by atoms with Gasteiger partial charge in [0.15, 0.2) is 5.82 Å². The summed E-state index contributed by atoms with van der Waals surface area (Å²) >= 11 is 3.34. The summed E-state index contributed by atoms with van der Waals surface area (Å²) < 4.78 is 13.8. The van der Waals surface area contributed by atoms with Crippen molar-refractivity contribution in [1.82, 2.24) is 9.97 Å². The first-order valence-electron chi connectivity index (χ1n) is 5.98. The highest BCUT2D eigenvalue weighted by molar-refractivity contribution is 9.10. The molecule has 1 aromatic carbocycles. The van der Waals surface area contributed by atoms with Crippen LogP contribution in [0, 0.1) is 5.82 Å². The lowest BCUT2D eigenvalue weighted by atomic mass is 10.2. The molecule has 4 nitrogen and oxygen atoms in total. The van der Waals surface area contributed by atoms with E-state index >= 15 is 0 Å². The van der Waals surface area contributed by atoms with Gasteiger partial charge in [-0.05, 0) is 47.0 Å². The summed E-state index contributed by atoms with van der Waals surface area (Å²) in [6.07, 6.45) is 2.29. The van der Waals surface area contributed by atoms with E-state index in [1.807, 2.05) is 6.07 Å². The van der Waals surface area contributed by atoms with E-state index in [4.69, 9.17) is 5.84 Å². The predicted molar refractivity (Wildman–Crippen MR) is 74.9 cm³/mol. The first-order valence-corrected chi connectivity index (χ1v) is 6.77. The summed E-state index contributed by atoms with van der Waals surface area (Å²) in [6, 6.07) is 6.31. The van der Waals surface area contributed by atoms with Gasteiger partial charge in [-0.3, -0.25) is 0 Å². The topological polar surface area (TPSA) is 63.8 Å². The van der Waals surface area contributed by atoms with Crippen molar-refractivity contribution in [3.8, 4) is 11.4 Å². The van der Waals surface area contributed by atoms with E-state index in [-0.39, 0.29) is 5.82 Å². The highest BCUT2D eigenvalue weighted by Gasteiger charge is 2.26. The summed E-state index contributed by atoms with van der Waals surface area (Å²) in [5, 5.41) is 0. The Morgan fingerprint density at radius 3 is 2.68 bits per heavy atom. The maximum absolute atomic E-state index is 13.1. The first-order chi connectivity index (χ1) is 9.17. The van der Waals surface area contributed by atoms with Crippen molar-refractivity contribution in [3.05, 3.63) is 40.2 Å². The zero-order valence-electron chi connectivity index (χ0n) is 10.0. The van der Waals surface area contributed by atoms with Gasteiger partial charge < -0.3 is 5.43 Å². The van der Waals surface area contributed by atoms with Gasteiger partial charge in [-0.25, -0.2) is 20.2 Å². The second-order valence-electron chi connectivity index (χ2n) is 4.54. The lowest BCUT2D eigenvalue weighted by Gasteiger charge is -2.08. The molecular formula is C13H12BrFN4. The molecular weight excluding hydrogens is 311 g/mol. The molecule has 19 heavy (non-hydrogen) atoms. The Morgan fingerprint density at radius 2 is 2.05 bits per heavy atom. The first kappa shape index (κ1) is 12.5. The van der Waals surface area contributed by atoms with Crippen LogP contribution < -0.4 is 11.3 Å². The van der Waals surface area contributed by atoms with Crippen LogP contribution >= 0.6 is 15.9 Å². The van der Waals surface area contributed by atoms with E-state index in [0.717, 1.165) is 24.1 Å². The fourth-order valence-corrected chi connectivity index (χ4v) is 2.45. The average Bonchev–Trinajstić information content (AvgIpc) is 3.22. The number of anilines is 1. The number of hydrogen-bond acceptors (Lipinski definition) is 4. The molecule has 1 fully saturated rings. The van der Waals surface area contributed by atoms with E-state index < -0.39 is 0 Å². The molecule has 0 aliphatic heterocycles. The largest absolute Gasteiger partial charge is 0.308 e. The fraction of sp³-hybridized carbons (Fsp3) is 0.231. The van der Waals surface area contributed by atoms with Crippen LogP contribution in [0.3, 0.4) is 0 Å². The van der Waals surface area contributed by atoms with Gasteiger partial charge in [0.25, 0.3) is 0 Å². The van der Waals surface area contributed by atoms with Crippen LogP contribution in [0.25, 0.3) is 11.4 Å². The Hall–Kier alpha value is -1.53. The Morgan fingerprint density at radius 1 is 1.26 bits per heavy atom. The van der Waals surface area contributed by atoms with E-state index in [1.165, 1.54) is 12.1 Å². The molecule has 0 unspecified atom stereocenters. The summed E-state index contributed by atoms with van der Waals surface area (Å²) in [5.41, 5.74) is 4.28. The lowest BCUT2D eigenvalue weighted by molar-refractivity contribution is 0.627. The van der Waals surface area contributed by atoms with Gasteiger partial charge in [0, 0.05) is 27.7 Å². The van der Waals surface area contributed by atoms with Crippen LogP contribution in [0.1, 0.15) is 24.5 Å². The van der Waals surface area contributed by atoms with Crippen molar-refractivity contribution in [2.45, 2.75) is 18.8 Å². The number of nitrogen functional groups attached to an aromatic ring is 1. The van der Waals surface area contributed by atoms with E-state index in [1.54, 1.807) is 6.07 Å². The third kappa shape index (κ3) is 2.59. The van der Waals surface area contributed by atoms with Gasteiger partial charge in [-0.15, -0.1) is 0 Å². The molecule has 0 atom stereocenters. The number of aromatic nitrogens is 2. The number of hydrogen-bond donors (Lipinski definition) is 2. The normalized spacial score (nSPS) is 14.5. The number of halogens is 2. The molecule has 0 spiro atoms. The van der Waals surface area contributed by atoms with Crippen molar-refractivity contribution in [3.63, 3.8) is 0 Å². The minimum absolute atomic E-state index is 0.300. The van der Waals surface area contributed by atoms with Crippen molar-refractivity contribution in [1.29, 1.82) is 0 Å². The van der Waals surface area contributed by atoms with Crippen molar-refractivity contribution in [2.75, 3.05) is 5.43 Å². The maximum atomic E-state index is 13.1. The average molecular weight is 323 g/mol. The van der Waals surface area contributed by atoms with E-state index in [2.05, 4.69) is 31.3 Å². The number of hydrazine groups is 1. The molecule has 0 amide bonds. The Kier molecular flexibility index (Phi) is 3.20. The van der Waals surface area contributed by atoms with Gasteiger partial charge in [-0.1, -0.05) is 0 Å². The fourth-order valence-electron chi connectivity index (χ4n) is 1.92. The van der Waals surface area contributed by atoms with Gasteiger partial charge in [-0.2, -0.15) is 0 Å². The molecule has 3 rings (SSSR count). The monoisotopic (exact) mass is 322 g/mol. The van der Waals surface area contributed by atoms with Gasteiger partial charge in [0.1, 0.15) is 11.6 Å². The second-order valence-corrected chi connectivity index (χ2v) is 5.40. The van der Waals surface area contributed by atoms with Gasteiger partial charge >= 0.3 is 0 Å². The number of nitrogens with zero attached hydrogens (tertiary/aromatic N) is 2. The molecule has 0 saturated heterocycles. The van der Waals surface area contributed by atoms with Crippen molar-refractivity contribution < 1.29 is 4.39 Å². The van der Waals surface area contributed by atoms with Gasteiger partial charge in [0.2, 0.25) is 0 Å². The molecule has 1 aromatic heterocycles. The number of benzene rings is 1. The molecule has 1 aliphatic rings. The summed E-state index contributed by atoms with van der Waals surface area (Å²) in [4.78, 5) is 8.87. The highest BCUT2D eigenvalue weighted by atomic mass is 79.9. The van der Waals surface area contributed by atoms with Crippen LogP contribution in [0.4, 0.5) is 10.2 Å². The maximum Gasteiger partial charge on any atom is 0.162 e. The number of rotatable bonds is 3. The molecule has 1 heterocycles. The third-order valence-corrected chi connectivity index (χ3v) is 3.72. The van der Waals surface area contributed by atoms with E-state index in [0.29, 0.717) is 22.0 Å². The van der Waals surface area contributed by atoms with Crippen LogP contribution in [-0.2, 0) is 0 Å². The molecule has 1 aliphatic carbocycles. The summed E-state index contributed by atoms with van der Waals surface area (Å²) in [5.74, 6) is 6.75. The Labute approximate surface area is 118 Å². The smallest absolute Gasteiger partial charge is 0.162 e. The molecule has 0 bridgehead atoms. The van der Waals surface area contributed by atoms with Gasteiger partial charge in [0.05, 0.1) is 0 Å². The number of nitrogens with two attached hydrogens (primary N) is 1. The van der Waals surface area contributed by atoms with Crippen LogP contribution in [-0.4, -0.2) is 9.97 Å². The molecule has 6 heteroatoms. The lowest BCUT2D eigenvalue weighted by Crippen LogP contribution is -2.10. The standard InChI is InChI=1S/C13H12BrFN4/c14-10-5-8(15)3-4-9(10)13-17-11(7-1-2-7)6-12(18-13)19-16/h3-7H,1-2,16H2,(H,17,18,19). The number of nitrogens with one attached hydrogen (secondary N) is 1. The molecule has 3 N–H and O–H groups in total. The molecule has 0 radical (unpaired) electrons. The summed E-state index contributed by atoms with van der Waals surface area (Å²) in [6.45, 7) is 0. The summed E-state index contributed by atoms with van der Waals surface area (Å²) in [7, 11) is 0. The second kappa shape index (κ2) is 4.86. The Balaban J connectivity index is 2.10. The SMILES string of the molecule is NNc1cc(C2CC2)nc(-c2ccc(F)cc2Br)n1. The highest BCUT2D eigenvalue weighted by Crippen LogP contribution is 2.40. The molecule has 2 aromatic rings. The van der Waals surface area contributed by atoms with Crippen LogP contribution in [0.15, 0.2) is 28.7 Å². The van der Waals surface area contributed by atoms with Crippen LogP contribution in [0.5, 0.6) is 0 Å². The van der Waals surface area contributed by atoms with Crippen molar-refractivity contribution in [2.24, 2.45) is 5.84 Å². The zero-order valence-corrected chi connectivity index (χ0v) is 11.6. The Bertz CT molecular complexity index is 628. The van der Waals surface area contributed by atoms with Crippen LogP contribution in [0.2, 0.25) is 0 Å². The molecule has 1 saturated carbocycles. The minimum Gasteiger partial charge on any atom is -0.308 e. The minimum atomic E-state index is -0.300. The zero-order chi connectivity index (χ0) is 13.4. The van der Waals surface area contributed by atoms with E-state index in [9.17, 15) is 4.39 Å². The quantitative estimate of drug-likeness (QED) is 0.672. The predicted octanol–water partition coefficient (Wildman–Crippen LogP) is 3.21.